The molecule has 84 valence electrons. The molecule has 0 amide bonds. The van der Waals surface area contributed by atoms with Crippen molar-refractivity contribution in [2.24, 2.45) is 5.73 Å². The molecule has 0 saturated heterocycles. The van der Waals surface area contributed by atoms with E-state index in [1.165, 1.54) is 6.07 Å². The summed E-state index contributed by atoms with van der Waals surface area (Å²) in [6, 6.07) is 2.98. The Bertz CT molecular complexity index is 511. The van der Waals surface area contributed by atoms with Gasteiger partial charge in [-0.3, -0.25) is 0 Å². The number of benzene rings is 1. The molecule has 6 heteroatoms. The van der Waals surface area contributed by atoms with Crippen LogP contribution in [0.4, 0.5) is 8.78 Å². The lowest BCUT2D eigenvalue weighted by Gasteiger charge is -1.96. The van der Waals surface area contributed by atoms with Gasteiger partial charge >= 0.3 is 0 Å². The summed E-state index contributed by atoms with van der Waals surface area (Å²) >= 11 is 0. The van der Waals surface area contributed by atoms with Crippen molar-refractivity contribution in [1.29, 1.82) is 0 Å². The van der Waals surface area contributed by atoms with Gasteiger partial charge in [-0.05, 0) is 25.1 Å². The second-order valence-electron chi connectivity index (χ2n) is 3.37. The average Bonchev–Trinajstić information content (AvgIpc) is 2.71. The van der Waals surface area contributed by atoms with E-state index in [1.807, 2.05) is 0 Å². The predicted octanol–water partition coefficient (Wildman–Crippen LogP) is 2.03. The zero-order valence-corrected chi connectivity index (χ0v) is 8.45. The molecule has 0 aliphatic heterocycles. The topological polar surface area (TPSA) is 64.9 Å². The number of nitrogens with two attached hydrogens (primary N) is 1. The molecule has 2 aromatic rings. The maximum atomic E-state index is 12.9. The molecule has 0 aliphatic rings. The van der Waals surface area contributed by atoms with Gasteiger partial charge in [0.15, 0.2) is 11.6 Å². The standard InChI is InChI=1S/C10H9F2N3O/c1-5(13)10-14-9(15-16-10)6-2-3-7(11)8(12)4-6/h2-5H,13H2,1H3/t5-/m1/s1. The second-order valence-corrected chi connectivity index (χ2v) is 3.37. The Labute approximate surface area is 90.1 Å². The van der Waals surface area contributed by atoms with Crippen LogP contribution in [-0.4, -0.2) is 10.1 Å². The summed E-state index contributed by atoms with van der Waals surface area (Å²) in [5.41, 5.74) is 5.87. The summed E-state index contributed by atoms with van der Waals surface area (Å²) in [7, 11) is 0. The number of nitrogens with zero attached hydrogens (tertiary/aromatic N) is 2. The molecule has 0 spiro atoms. The molecule has 2 N–H and O–H groups in total. The van der Waals surface area contributed by atoms with E-state index in [2.05, 4.69) is 10.1 Å². The Kier molecular flexibility index (Phi) is 2.66. The Morgan fingerprint density at radius 1 is 1.31 bits per heavy atom. The number of halogens is 2. The van der Waals surface area contributed by atoms with Crippen molar-refractivity contribution in [2.45, 2.75) is 13.0 Å². The molecule has 2 rings (SSSR count). The van der Waals surface area contributed by atoms with Crippen molar-refractivity contribution in [3.63, 3.8) is 0 Å². The smallest absolute Gasteiger partial charge is 0.243 e. The summed E-state index contributed by atoms with van der Waals surface area (Å²) in [6.45, 7) is 1.68. The van der Waals surface area contributed by atoms with Gasteiger partial charge < -0.3 is 10.3 Å². The van der Waals surface area contributed by atoms with Crippen molar-refractivity contribution in [3.8, 4) is 11.4 Å². The molecule has 1 heterocycles. The van der Waals surface area contributed by atoms with Crippen LogP contribution in [0, 0.1) is 11.6 Å². The molecule has 16 heavy (non-hydrogen) atoms. The Morgan fingerprint density at radius 3 is 2.62 bits per heavy atom. The number of aromatic nitrogens is 2. The molecule has 1 aromatic heterocycles. The number of hydrogen-bond acceptors (Lipinski definition) is 4. The van der Waals surface area contributed by atoms with E-state index in [-0.39, 0.29) is 11.7 Å². The fraction of sp³-hybridized carbons (Fsp3) is 0.200. The minimum atomic E-state index is -0.954. The van der Waals surface area contributed by atoms with E-state index in [0.29, 0.717) is 5.56 Å². The van der Waals surface area contributed by atoms with Crippen molar-refractivity contribution < 1.29 is 13.3 Å². The number of rotatable bonds is 2. The molecule has 1 aromatic carbocycles. The van der Waals surface area contributed by atoms with Crippen molar-refractivity contribution in [1.82, 2.24) is 10.1 Å². The fourth-order valence-corrected chi connectivity index (χ4v) is 1.17. The second kappa shape index (κ2) is 3.97. The van der Waals surface area contributed by atoms with Gasteiger partial charge in [-0.15, -0.1) is 0 Å². The minimum absolute atomic E-state index is 0.186. The first-order chi connectivity index (χ1) is 7.58. The van der Waals surface area contributed by atoms with E-state index < -0.39 is 17.7 Å². The fourth-order valence-electron chi connectivity index (χ4n) is 1.17. The van der Waals surface area contributed by atoms with Crippen LogP contribution in [0.5, 0.6) is 0 Å². The largest absolute Gasteiger partial charge is 0.337 e. The van der Waals surface area contributed by atoms with Crippen molar-refractivity contribution in [2.75, 3.05) is 0 Å². The maximum Gasteiger partial charge on any atom is 0.243 e. The van der Waals surface area contributed by atoms with Gasteiger partial charge in [0.25, 0.3) is 0 Å². The van der Waals surface area contributed by atoms with Crippen LogP contribution < -0.4 is 5.73 Å². The van der Waals surface area contributed by atoms with Gasteiger partial charge in [0.2, 0.25) is 11.7 Å². The Balaban J connectivity index is 2.39. The van der Waals surface area contributed by atoms with Crippen LogP contribution in [0.1, 0.15) is 18.9 Å². The molecule has 0 bridgehead atoms. The lowest BCUT2D eigenvalue weighted by Crippen LogP contribution is -2.04. The van der Waals surface area contributed by atoms with Gasteiger partial charge in [0.1, 0.15) is 0 Å². The van der Waals surface area contributed by atoms with Crippen LogP contribution >= 0.6 is 0 Å². The normalized spacial score (nSPS) is 12.8. The zero-order chi connectivity index (χ0) is 11.7. The molecule has 4 nitrogen and oxygen atoms in total. The first kappa shape index (κ1) is 10.7. The van der Waals surface area contributed by atoms with Crippen LogP contribution in [-0.2, 0) is 0 Å². The molecular weight excluding hydrogens is 216 g/mol. The van der Waals surface area contributed by atoms with Crippen LogP contribution in [0.3, 0.4) is 0 Å². The van der Waals surface area contributed by atoms with E-state index in [9.17, 15) is 8.78 Å². The lowest BCUT2D eigenvalue weighted by atomic mass is 10.2. The summed E-state index contributed by atoms with van der Waals surface area (Å²) < 4.78 is 30.5. The molecule has 0 fully saturated rings. The minimum Gasteiger partial charge on any atom is -0.337 e. The number of hydrogen-bond donors (Lipinski definition) is 1. The van der Waals surface area contributed by atoms with Gasteiger partial charge in [0.05, 0.1) is 6.04 Å². The first-order valence-corrected chi connectivity index (χ1v) is 4.62. The highest BCUT2D eigenvalue weighted by molar-refractivity contribution is 5.54. The highest BCUT2D eigenvalue weighted by atomic mass is 19.2. The average molecular weight is 225 g/mol. The third-order valence-corrected chi connectivity index (χ3v) is 2.01. The quantitative estimate of drug-likeness (QED) is 0.849. The molecule has 0 radical (unpaired) electrons. The Morgan fingerprint density at radius 2 is 2.06 bits per heavy atom. The third kappa shape index (κ3) is 1.92. The van der Waals surface area contributed by atoms with E-state index in [0.717, 1.165) is 12.1 Å². The van der Waals surface area contributed by atoms with Crippen molar-refractivity contribution in [3.05, 3.63) is 35.7 Å². The van der Waals surface area contributed by atoms with Gasteiger partial charge in [0, 0.05) is 5.56 Å². The highest BCUT2D eigenvalue weighted by Crippen LogP contribution is 2.19. The summed E-state index contributed by atoms with van der Waals surface area (Å²) in [5.74, 6) is -1.43. The van der Waals surface area contributed by atoms with Crippen molar-refractivity contribution >= 4 is 0 Å². The van der Waals surface area contributed by atoms with E-state index in [4.69, 9.17) is 10.3 Å². The van der Waals surface area contributed by atoms with Crippen LogP contribution in [0.15, 0.2) is 22.7 Å². The lowest BCUT2D eigenvalue weighted by molar-refractivity contribution is 0.362. The monoisotopic (exact) mass is 225 g/mol. The summed E-state index contributed by atoms with van der Waals surface area (Å²) in [4.78, 5) is 3.96. The SMILES string of the molecule is C[C@@H](N)c1nc(-c2ccc(F)c(F)c2)no1. The third-order valence-electron chi connectivity index (χ3n) is 2.01. The predicted molar refractivity (Wildman–Crippen MR) is 52.3 cm³/mol. The van der Waals surface area contributed by atoms with Gasteiger partial charge in [-0.1, -0.05) is 5.16 Å². The molecule has 0 unspecified atom stereocenters. The molecule has 0 saturated carbocycles. The molecule has 1 atom stereocenters. The highest BCUT2D eigenvalue weighted by Gasteiger charge is 2.13. The first-order valence-electron chi connectivity index (χ1n) is 4.62. The van der Waals surface area contributed by atoms with Gasteiger partial charge in [-0.2, -0.15) is 4.98 Å². The van der Waals surface area contributed by atoms with E-state index in [1.54, 1.807) is 6.92 Å². The summed E-state index contributed by atoms with van der Waals surface area (Å²) in [6.07, 6.45) is 0. The maximum absolute atomic E-state index is 12.9. The van der Waals surface area contributed by atoms with Gasteiger partial charge in [-0.25, -0.2) is 8.78 Å². The molecule has 0 aliphatic carbocycles. The molecular formula is C10H9F2N3O. The zero-order valence-electron chi connectivity index (χ0n) is 8.45. The van der Waals surface area contributed by atoms with Crippen LogP contribution in [0.2, 0.25) is 0 Å². The van der Waals surface area contributed by atoms with E-state index >= 15 is 0 Å². The summed E-state index contributed by atoms with van der Waals surface area (Å²) in [5, 5.41) is 3.62. The van der Waals surface area contributed by atoms with Crippen LogP contribution in [0.25, 0.3) is 11.4 Å². The Hall–Kier alpha value is -1.82.